The maximum absolute atomic E-state index is 13.6. The number of piperidine rings is 2. The first-order chi connectivity index (χ1) is 20.3. The van der Waals surface area contributed by atoms with Crippen LogP contribution in [0, 0.1) is 5.92 Å². The molecule has 2 bridgehead atoms. The smallest absolute Gasteiger partial charge is 0.326 e. The van der Waals surface area contributed by atoms with Gasteiger partial charge in [0.1, 0.15) is 12.1 Å². The summed E-state index contributed by atoms with van der Waals surface area (Å²) in [6.45, 7) is 0. The standard InChI is InChI=1S/C32H36N4O6/c1-35-31(39)28(26(42-2)19-33-35)22-11-8-21(9-12-22)18-25(32(40)41)34-30(38)29-23-13-15-24(16-14-23)36(29)27(37)17-10-20-6-4-3-5-7-20/h3-9,11-12,19,23-25,29H,10,13-18H2,1-2H3,(H,34,38)(H,40,41)/t23?,24?,25-,29-/m0/s1. The van der Waals surface area contributed by atoms with Crippen molar-refractivity contribution in [3.63, 3.8) is 0 Å². The van der Waals surface area contributed by atoms with Crippen LogP contribution >= 0.6 is 0 Å². The molecule has 2 aromatic carbocycles. The predicted octanol–water partition coefficient (Wildman–Crippen LogP) is 2.97. The fourth-order valence-electron chi connectivity index (χ4n) is 6.32. The Kier molecular flexibility index (Phi) is 8.70. The fourth-order valence-corrected chi connectivity index (χ4v) is 6.32. The normalized spacial score (nSPS) is 20.1. The molecule has 3 aromatic rings. The van der Waals surface area contributed by atoms with E-state index in [4.69, 9.17) is 4.74 Å². The van der Waals surface area contributed by atoms with Gasteiger partial charge in [-0.3, -0.25) is 14.4 Å². The minimum atomic E-state index is -1.17. The molecule has 10 nitrogen and oxygen atoms in total. The van der Waals surface area contributed by atoms with Gasteiger partial charge in [0.2, 0.25) is 11.8 Å². The van der Waals surface area contributed by atoms with Gasteiger partial charge in [0.15, 0.2) is 5.75 Å². The van der Waals surface area contributed by atoms with Gasteiger partial charge >= 0.3 is 5.97 Å². The number of rotatable bonds is 10. The lowest BCUT2D eigenvalue weighted by atomic mass is 9.74. The van der Waals surface area contributed by atoms with Crippen molar-refractivity contribution in [3.8, 4) is 16.9 Å². The van der Waals surface area contributed by atoms with Crippen molar-refractivity contribution in [2.45, 2.75) is 63.1 Å². The molecule has 42 heavy (non-hydrogen) atoms. The van der Waals surface area contributed by atoms with Crippen LogP contribution in [-0.2, 0) is 34.3 Å². The van der Waals surface area contributed by atoms with Gasteiger partial charge in [0.05, 0.1) is 18.9 Å². The van der Waals surface area contributed by atoms with Crippen LogP contribution in [0.4, 0.5) is 0 Å². The number of ether oxygens (including phenoxy) is 1. The van der Waals surface area contributed by atoms with E-state index < -0.39 is 24.0 Å². The number of benzene rings is 2. The van der Waals surface area contributed by atoms with Gasteiger partial charge in [0, 0.05) is 25.9 Å². The van der Waals surface area contributed by atoms with Crippen LogP contribution in [0.3, 0.4) is 0 Å². The molecule has 1 aliphatic carbocycles. The van der Waals surface area contributed by atoms with Crippen molar-refractivity contribution in [1.29, 1.82) is 0 Å². The summed E-state index contributed by atoms with van der Waals surface area (Å²) in [5.41, 5.74) is 2.39. The van der Waals surface area contributed by atoms with Gasteiger partial charge in [-0.05, 0) is 54.7 Å². The summed E-state index contributed by atoms with van der Waals surface area (Å²) in [7, 11) is 3.01. The van der Waals surface area contributed by atoms with Gasteiger partial charge in [-0.15, -0.1) is 0 Å². The lowest BCUT2D eigenvalue weighted by Gasteiger charge is -2.50. The van der Waals surface area contributed by atoms with Gasteiger partial charge in [0.25, 0.3) is 5.56 Å². The lowest BCUT2D eigenvalue weighted by Crippen LogP contribution is -2.64. The highest BCUT2D eigenvalue weighted by Gasteiger charge is 2.47. The number of aromatic nitrogens is 2. The number of carboxylic acids is 1. The second kappa shape index (κ2) is 12.6. The number of nitrogens with one attached hydrogen (secondary N) is 1. The maximum atomic E-state index is 13.6. The highest BCUT2D eigenvalue weighted by atomic mass is 16.5. The van der Waals surface area contributed by atoms with Crippen molar-refractivity contribution < 1.29 is 24.2 Å². The summed E-state index contributed by atoms with van der Waals surface area (Å²) in [4.78, 5) is 53.7. The SMILES string of the molecule is COc1cnn(C)c(=O)c1-c1ccc(C[C@H](NC(=O)[C@@H]2C3CCC(CC3)N2C(=O)CCc2ccccc2)C(=O)O)cc1. The number of amides is 2. The third-order valence-corrected chi connectivity index (χ3v) is 8.53. The average molecular weight is 573 g/mol. The Labute approximate surface area is 244 Å². The fraction of sp³-hybridized carbons (Fsp3) is 0.406. The molecule has 2 N–H and O–H groups in total. The first kappa shape index (κ1) is 29.0. The third kappa shape index (κ3) is 6.07. The molecule has 0 unspecified atom stereocenters. The topological polar surface area (TPSA) is 131 Å². The summed E-state index contributed by atoms with van der Waals surface area (Å²) >= 11 is 0. The molecular formula is C32H36N4O6. The molecule has 0 radical (unpaired) electrons. The number of aryl methyl sites for hydroxylation is 2. The minimum Gasteiger partial charge on any atom is -0.494 e. The van der Waals surface area contributed by atoms with Gasteiger partial charge < -0.3 is 20.1 Å². The Morgan fingerprint density at radius 2 is 1.71 bits per heavy atom. The van der Waals surface area contributed by atoms with E-state index in [0.29, 0.717) is 35.3 Å². The minimum absolute atomic E-state index is 0.00253. The van der Waals surface area contributed by atoms with E-state index >= 15 is 0 Å². The third-order valence-electron chi connectivity index (χ3n) is 8.53. The van der Waals surface area contributed by atoms with E-state index in [1.807, 2.05) is 30.3 Å². The van der Waals surface area contributed by atoms with Crippen LogP contribution < -0.4 is 15.6 Å². The Balaban J connectivity index is 1.29. The molecule has 2 saturated heterocycles. The number of hydrogen-bond donors (Lipinski definition) is 2. The van der Waals surface area contributed by atoms with Gasteiger partial charge in [-0.25, -0.2) is 9.48 Å². The molecule has 3 heterocycles. The summed E-state index contributed by atoms with van der Waals surface area (Å²) in [5, 5.41) is 16.7. The van der Waals surface area contributed by atoms with E-state index in [-0.39, 0.29) is 29.8 Å². The molecule has 2 atom stereocenters. The zero-order valence-corrected chi connectivity index (χ0v) is 23.9. The summed E-state index contributed by atoms with van der Waals surface area (Å²) in [6.07, 6.45) is 5.84. The van der Waals surface area contributed by atoms with E-state index in [1.54, 1.807) is 36.2 Å². The molecule has 1 saturated carbocycles. The molecular weight excluding hydrogens is 536 g/mol. The van der Waals surface area contributed by atoms with Crippen molar-refractivity contribution in [1.82, 2.24) is 20.0 Å². The zero-order valence-electron chi connectivity index (χ0n) is 23.9. The van der Waals surface area contributed by atoms with E-state index in [0.717, 1.165) is 31.2 Å². The number of carbonyl (C=O) groups excluding carboxylic acids is 2. The van der Waals surface area contributed by atoms with Crippen LogP contribution in [-0.4, -0.2) is 62.8 Å². The largest absolute Gasteiger partial charge is 0.494 e. The van der Waals surface area contributed by atoms with Gasteiger partial charge in [-0.1, -0.05) is 54.6 Å². The van der Waals surface area contributed by atoms with Crippen molar-refractivity contribution >= 4 is 17.8 Å². The van der Waals surface area contributed by atoms with Crippen LogP contribution in [0.15, 0.2) is 65.6 Å². The number of nitrogens with zero attached hydrogens (tertiary/aromatic N) is 3. The molecule has 1 aromatic heterocycles. The molecule has 3 fully saturated rings. The summed E-state index contributed by atoms with van der Waals surface area (Å²) in [5.74, 6) is -1.27. The van der Waals surface area contributed by atoms with Crippen molar-refractivity contribution in [2.75, 3.05) is 7.11 Å². The Hall–Kier alpha value is -4.47. The number of aliphatic carboxylic acids is 1. The Morgan fingerprint density at radius 1 is 1.02 bits per heavy atom. The molecule has 3 aliphatic rings. The van der Waals surface area contributed by atoms with Crippen LogP contribution in [0.25, 0.3) is 11.1 Å². The number of carbonyl (C=O) groups is 3. The zero-order chi connectivity index (χ0) is 29.8. The van der Waals surface area contributed by atoms with E-state index in [2.05, 4.69) is 10.4 Å². The molecule has 220 valence electrons. The van der Waals surface area contributed by atoms with Gasteiger partial charge in [-0.2, -0.15) is 5.10 Å². The average Bonchev–Trinajstić information content (AvgIpc) is 3.01. The lowest BCUT2D eigenvalue weighted by molar-refractivity contribution is -0.154. The van der Waals surface area contributed by atoms with E-state index in [9.17, 15) is 24.3 Å². The highest BCUT2D eigenvalue weighted by molar-refractivity contribution is 5.91. The number of carboxylic acid groups (broad SMARTS) is 1. The Morgan fingerprint density at radius 3 is 2.36 bits per heavy atom. The molecule has 2 amide bonds. The summed E-state index contributed by atoms with van der Waals surface area (Å²) < 4.78 is 6.54. The Bertz CT molecular complexity index is 1500. The van der Waals surface area contributed by atoms with Crippen LogP contribution in [0.1, 0.15) is 43.2 Å². The van der Waals surface area contributed by atoms with Crippen molar-refractivity contribution in [2.24, 2.45) is 13.0 Å². The molecule has 2 aliphatic heterocycles. The molecule has 6 rings (SSSR count). The number of hydrogen-bond acceptors (Lipinski definition) is 6. The van der Waals surface area contributed by atoms with Crippen molar-refractivity contribution in [3.05, 3.63) is 82.3 Å². The van der Waals surface area contributed by atoms with Crippen LogP contribution in [0.2, 0.25) is 0 Å². The van der Waals surface area contributed by atoms with E-state index in [1.165, 1.54) is 18.0 Å². The molecule has 0 spiro atoms. The summed E-state index contributed by atoms with van der Waals surface area (Å²) in [6, 6.07) is 14.9. The second-order valence-corrected chi connectivity index (χ2v) is 11.1. The first-order valence-corrected chi connectivity index (χ1v) is 14.3. The quantitative estimate of drug-likeness (QED) is 0.382. The maximum Gasteiger partial charge on any atom is 0.326 e. The second-order valence-electron chi connectivity index (χ2n) is 11.1. The molecule has 10 heteroatoms. The highest BCUT2D eigenvalue weighted by Crippen LogP contribution is 2.40. The van der Waals surface area contributed by atoms with Crippen LogP contribution in [0.5, 0.6) is 5.75 Å². The monoisotopic (exact) mass is 572 g/mol. The number of methoxy groups -OCH3 is 1. The predicted molar refractivity (Wildman–Crippen MR) is 156 cm³/mol. The number of fused-ring (bicyclic) bond motifs is 3. The first-order valence-electron chi connectivity index (χ1n) is 14.3.